The van der Waals surface area contributed by atoms with Crippen LogP contribution in [0.5, 0.6) is 0 Å². The average Bonchev–Trinajstić information content (AvgIpc) is 2.38. The lowest BCUT2D eigenvalue weighted by Crippen LogP contribution is -2.47. The molecule has 0 aliphatic heterocycles. The molecule has 120 valence electrons. The molecule has 1 aromatic carbocycles. The zero-order valence-electron chi connectivity index (χ0n) is 14.5. The molecule has 1 aromatic rings. The highest BCUT2D eigenvalue weighted by atomic mass is 16.3. The Labute approximate surface area is 130 Å². The van der Waals surface area contributed by atoms with Gasteiger partial charge in [0.15, 0.2) is 0 Å². The van der Waals surface area contributed by atoms with Gasteiger partial charge in [-0.05, 0) is 51.4 Å². The minimum absolute atomic E-state index is 0.0842. The molecular weight excluding hydrogens is 260 g/mol. The molecule has 0 radical (unpaired) electrons. The van der Waals surface area contributed by atoms with E-state index in [-0.39, 0.29) is 5.54 Å². The largest absolute Gasteiger partial charge is 0.387 e. The minimum atomic E-state index is -0.448. The molecule has 0 aliphatic rings. The van der Waals surface area contributed by atoms with Gasteiger partial charge < -0.3 is 15.3 Å². The average molecular weight is 292 g/mol. The molecular formula is C18H32N2O. The summed E-state index contributed by atoms with van der Waals surface area (Å²) in [7, 11) is 4.15. The van der Waals surface area contributed by atoms with Gasteiger partial charge in [-0.25, -0.2) is 0 Å². The number of benzene rings is 1. The van der Waals surface area contributed by atoms with Crippen molar-refractivity contribution in [2.75, 3.05) is 27.2 Å². The molecule has 3 nitrogen and oxygen atoms in total. The molecule has 0 aliphatic carbocycles. The van der Waals surface area contributed by atoms with E-state index in [0.717, 1.165) is 18.5 Å². The van der Waals surface area contributed by atoms with E-state index < -0.39 is 6.10 Å². The van der Waals surface area contributed by atoms with E-state index in [1.165, 1.54) is 5.56 Å². The van der Waals surface area contributed by atoms with Crippen molar-refractivity contribution < 1.29 is 5.11 Å². The van der Waals surface area contributed by atoms with Crippen LogP contribution in [0.2, 0.25) is 0 Å². The van der Waals surface area contributed by atoms with E-state index in [9.17, 15) is 5.11 Å². The van der Waals surface area contributed by atoms with Crippen molar-refractivity contribution in [2.45, 2.75) is 45.8 Å². The molecule has 0 fully saturated rings. The zero-order valence-corrected chi connectivity index (χ0v) is 14.5. The second-order valence-corrected chi connectivity index (χ2v) is 7.19. The maximum absolute atomic E-state index is 10.3. The van der Waals surface area contributed by atoms with Crippen LogP contribution in [-0.2, 0) is 6.42 Å². The van der Waals surface area contributed by atoms with Gasteiger partial charge in [0.25, 0.3) is 0 Å². The number of hydrogen-bond donors (Lipinski definition) is 2. The second-order valence-electron chi connectivity index (χ2n) is 7.19. The van der Waals surface area contributed by atoms with E-state index in [0.29, 0.717) is 12.5 Å². The van der Waals surface area contributed by atoms with Crippen LogP contribution in [0.4, 0.5) is 0 Å². The first-order chi connectivity index (χ1) is 9.72. The molecule has 0 heterocycles. The van der Waals surface area contributed by atoms with Crippen LogP contribution in [0, 0.1) is 5.92 Å². The van der Waals surface area contributed by atoms with Crippen molar-refractivity contribution in [3.63, 3.8) is 0 Å². The van der Waals surface area contributed by atoms with Crippen molar-refractivity contribution in [1.82, 2.24) is 10.2 Å². The fourth-order valence-electron chi connectivity index (χ4n) is 2.14. The predicted molar refractivity (Wildman–Crippen MR) is 90.6 cm³/mol. The Balaban J connectivity index is 2.47. The standard InChI is InChI=1S/C18H32N2O/c1-14(2)11-15-7-9-16(10-8-15)17(21)12-19-13-18(3,4)20(5)6/h7-10,14,17,19,21H,11-13H2,1-6H3. The van der Waals surface area contributed by atoms with Gasteiger partial charge >= 0.3 is 0 Å². The minimum Gasteiger partial charge on any atom is -0.387 e. The summed E-state index contributed by atoms with van der Waals surface area (Å²) in [6.45, 7) is 10.3. The summed E-state index contributed by atoms with van der Waals surface area (Å²) in [5.74, 6) is 0.663. The molecule has 0 amide bonds. The Kier molecular flexibility index (Phi) is 6.85. The number of rotatable bonds is 8. The number of likely N-dealkylation sites (N-methyl/N-ethyl adjacent to an activating group) is 1. The van der Waals surface area contributed by atoms with E-state index in [1.807, 2.05) is 12.1 Å². The van der Waals surface area contributed by atoms with E-state index in [2.05, 4.69) is 64.1 Å². The third-order valence-corrected chi connectivity index (χ3v) is 4.11. The summed E-state index contributed by atoms with van der Waals surface area (Å²) in [6.07, 6.45) is 0.641. The molecule has 0 saturated carbocycles. The van der Waals surface area contributed by atoms with Gasteiger partial charge in [-0.1, -0.05) is 38.1 Å². The summed E-state index contributed by atoms with van der Waals surface area (Å²) < 4.78 is 0. The summed E-state index contributed by atoms with van der Waals surface area (Å²) in [5, 5.41) is 13.6. The summed E-state index contributed by atoms with van der Waals surface area (Å²) in [4.78, 5) is 2.19. The zero-order chi connectivity index (χ0) is 16.0. The van der Waals surface area contributed by atoms with Gasteiger partial charge in [-0.2, -0.15) is 0 Å². The van der Waals surface area contributed by atoms with Crippen molar-refractivity contribution in [3.8, 4) is 0 Å². The third-order valence-electron chi connectivity index (χ3n) is 4.11. The first kappa shape index (κ1) is 18.1. The normalized spacial score (nSPS) is 14.0. The van der Waals surface area contributed by atoms with Crippen LogP contribution in [0.1, 0.15) is 44.9 Å². The Morgan fingerprint density at radius 1 is 1.14 bits per heavy atom. The molecule has 1 unspecified atom stereocenters. The van der Waals surface area contributed by atoms with Crippen LogP contribution in [0.25, 0.3) is 0 Å². The first-order valence-corrected chi connectivity index (χ1v) is 7.87. The van der Waals surface area contributed by atoms with Gasteiger partial charge in [0.2, 0.25) is 0 Å². The van der Waals surface area contributed by atoms with Crippen molar-refractivity contribution in [1.29, 1.82) is 0 Å². The number of nitrogens with zero attached hydrogens (tertiary/aromatic N) is 1. The summed E-state index contributed by atoms with van der Waals surface area (Å²) in [5.41, 5.74) is 2.40. The highest BCUT2D eigenvalue weighted by Gasteiger charge is 2.20. The van der Waals surface area contributed by atoms with Gasteiger partial charge in [0.05, 0.1) is 6.10 Å². The lowest BCUT2D eigenvalue weighted by atomic mass is 10.00. The summed E-state index contributed by atoms with van der Waals surface area (Å²) in [6, 6.07) is 8.34. The Morgan fingerprint density at radius 3 is 2.19 bits per heavy atom. The number of aliphatic hydroxyl groups excluding tert-OH is 1. The lowest BCUT2D eigenvalue weighted by molar-refractivity contribution is 0.152. The van der Waals surface area contributed by atoms with Crippen molar-refractivity contribution in [2.24, 2.45) is 5.92 Å². The highest BCUT2D eigenvalue weighted by Crippen LogP contribution is 2.16. The first-order valence-electron chi connectivity index (χ1n) is 7.87. The molecule has 0 aromatic heterocycles. The monoisotopic (exact) mass is 292 g/mol. The van der Waals surface area contributed by atoms with Crippen LogP contribution >= 0.6 is 0 Å². The maximum atomic E-state index is 10.3. The van der Waals surface area contributed by atoms with E-state index in [1.54, 1.807) is 0 Å². The van der Waals surface area contributed by atoms with E-state index in [4.69, 9.17) is 0 Å². The quantitative estimate of drug-likeness (QED) is 0.773. The molecule has 0 bridgehead atoms. The topological polar surface area (TPSA) is 35.5 Å². The molecule has 1 rings (SSSR count). The highest BCUT2D eigenvalue weighted by molar-refractivity contribution is 5.24. The van der Waals surface area contributed by atoms with E-state index >= 15 is 0 Å². The fourth-order valence-corrected chi connectivity index (χ4v) is 2.14. The Morgan fingerprint density at radius 2 is 1.71 bits per heavy atom. The molecule has 3 heteroatoms. The summed E-state index contributed by atoms with van der Waals surface area (Å²) >= 11 is 0. The van der Waals surface area contributed by atoms with Crippen molar-refractivity contribution in [3.05, 3.63) is 35.4 Å². The van der Waals surface area contributed by atoms with Crippen LogP contribution in [0.15, 0.2) is 24.3 Å². The number of aliphatic hydroxyl groups is 1. The Bertz CT molecular complexity index is 410. The van der Waals surface area contributed by atoms with Gasteiger partial charge in [-0.3, -0.25) is 0 Å². The van der Waals surface area contributed by atoms with Crippen LogP contribution in [-0.4, -0.2) is 42.7 Å². The smallest absolute Gasteiger partial charge is 0.0914 e. The van der Waals surface area contributed by atoms with Crippen molar-refractivity contribution >= 4 is 0 Å². The van der Waals surface area contributed by atoms with Gasteiger partial charge in [-0.15, -0.1) is 0 Å². The SMILES string of the molecule is CC(C)Cc1ccc(C(O)CNCC(C)(C)N(C)C)cc1. The molecule has 0 saturated heterocycles. The molecule has 1 atom stereocenters. The fraction of sp³-hybridized carbons (Fsp3) is 0.667. The van der Waals surface area contributed by atoms with Crippen LogP contribution < -0.4 is 5.32 Å². The third kappa shape index (κ3) is 6.16. The van der Waals surface area contributed by atoms with Gasteiger partial charge in [0, 0.05) is 18.6 Å². The van der Waals surface area contributed by atoms with Gasteiger partial charge in [0.1, 0.15) is 0 Å². The molecule has 0 spiro atoms. The number of hydrogen-bond acceptors (Lipinski definition) is 3. The second kappa shape index (κ2) is 7.92. The number of nitrogens with one attached hydrogen (secondary N) is 1. The maximum Gasteiger partial charge on any atom is 0.0914 e. The molecule has 21 heavy (non-hydrogen) atoms. The lowest BCUT2D eigenvalue weighted by Gasteiger charge is -2.33. The predicted octanol–water partition coefficient (Wildman–Crippen LogP) is 2.85. The van der Waals surface area contributed by atoms with Crippen LogP contribution in [0.3, 0.4) is 0 Å². The Hall–Kier alpha value is -0.900. The molecule has 2 N–H and O–H groups in total.